The van der Waals surface area contributed by atoms with E-state index in [9.17, 15) is 9.59 Å². The van der Waals surface area contributed by atoms with Gasteiger partial charge in [0.2, 0.25) is 0 Å². The van der Waals surface area contributed by atoms with Gasteiger partial charge in [0.15, 0.2) is 0 Å². The lowest BCUT2D eigenvalue weighted by Gasteiger charge is -2.26. The molecule has 0 fully saturated rings. The van der Waals surface area contributed by atoms with Crippen molar-refractivity contribution < 1.29 is 19.1 Å². The number of carbonyl (C=O) groups excluding carboxylic acids is 2. The topological polar surface area (TPSA) is 55.8 Å². The summed E-state index contributed by atoms with van der Waals surface area (Å²) in [7, 11) is 1.66. The van der Waals surface area contributed by atoms with E-state index in [0.717, 1.165) is 0 Å². The molecule has 0 saturated carbocycles. The molecule has 0 aliphatic rings. The van der Waals surface area contributed by atoms with Crippen molar-refractivity contribution in [3.63, 3.8) is 0 Å². The zero-order valence-electron chi connectivity index (χ0n) is 12.3. The molecule has 0 aromatic heterocycles. The van der Waals surface area contributed by atoms with Crippen molar-refractivity contribution in [3.8, 4) is 0 Å². The summed E-state index contributed by atoms with van der Waals surface area (Å²) in [6, 6.07) is 0. The first-order chi connectivity index (χ1) is 8.15. The summed E-state index contributed by atoms with van der Waals surface area (Å²) >= 11 is 0. The molecule has 1 amide bonds. The van der Waals surface area contributed by atoms with Crippen molar-refractivity contribution in [3.05, 3.63) is 0 Å². The van der Waals surface area contributed by atoms with Gasteiger partial charge in [0.05, 0.1) is 6.61 Å². The Kier molecular flexibility index (Phi) is 6.73. The molecule has 106 valence electrons. The fourth-order valence-corrected chi connectivity index (χ4v) is 1.45. The maximum atomic E-state index is 11.7. The van der Waals surface area contributed by atoms with Gasteiger partial charge in [-0.3, -0.25) is 4.79 Å². The first-order valence-corrected chi connectivity index (χ1v) is 6.25. The summed E-state index contributed by atoms with van der Waals surface area (Å²) in [5, 5.41) is 0. The van der Waals surface area contributed by atoms with E-state index in [1.54, 1.807) is 14.0 Å². The predicted octanol–water partition coefficient (Wildman–Crippen LogP) is 2.44. The fourth-order valence-electron chi connectivity index (χ4n) is 1.45. The number of amides is 1. The van der Waals surface area contributed by atoms with Crippen LogP contribution in [0.2, 0.25) is 0 Å². The van der Waals surface area contributed by atoms with E-state index in [0.29, 0.717) is 19.6 Å². The minimum absolute atomic E-state index is 0.0431. The number of esters is 1. The van der Waals surface area contributed by atoms with Gasteiger partial charge < -0.3 is 14.4 Å². The van der Waals surface area contributed by atoms with Crippen LogP contribution < -0.4 is 0 Å². The Bertz CT molecular complexity index is 283. The second kappa shape index (κ2) is 7.24. The van der Waals surface area contributed by atoms with E-state index in [1.165, 1.54) is 4.90 Å². The quantitative estimate of drug-likeness (QED) is 0.712. The highest BCUT2D eigenvalue weighted by atomic mass is 16.6. The van der Waals surface area contributed by atoms with Crippen molar-refractivity contribution in [2.75, 3.05) is 20.2 Å². The molecule has 1 atom stereocenters. The van der Waals surface area contributed by atoms with Crippen LogP contribution in [0.5, 0.6) is 0 Å². The summed E-state index contributed by atoms with van der Waals surface area (Å²) in [5.41, 5.74) is -0.504. The molecule has 0 aliphatic heterocycles. The van der Waals surface area contributed by atoms with Crippen molar-refractivity contribution in [2.45, 2.75) is 46.6 Å². The van der Waals surface area contributed by atoms with Crippen LogP contribution in [0.25, 0.3) is 0 Å². The Balaban J connectivity index is 4.10. The molecular formula is C13H25NO4. The molecule has 5 nitrogen and oxygen atoms in total. The summed E-state index contributed by atoms with van der Waals surface area (Å²) < 4.78 is 10.1. The molecule has 18 heavy (non-hydrogen) atoms. The van der Waals surface area contributed by atoms with Gasteiger partial charge in [0, 0.05) is 20.0 Å². The number of carbonyl (C=O) groups is 2. The van der Waals surface area contributed by atoms with Crippen molar-refractivity contribution >= 4 is 12.1 Å². The van der Waals surface area contributed by atoms with Crippen LogP contribution in [0.1, 0.15) is 41.0 Å². The number of hydrogen-bond donors (Lipinski definition) is 0. The van der Waals surface area contributed by atoms with Crippen LogP contribution in [0.3, 0.4) is 0 Å². The van der Waals surface area contributed by atoms with E-state index in [2.05, 4.69) is 0 Å². The largest absolute Gasteiger partial charge is 0.466 e. The van der Waals surface area contributed by atoms with Gasteiger partial charge in [-0.2, -0.15) is 0 Å². The Morgan fingerprint density at radius 2 is 1.83 bits per heavy atom. The van der Waals surface area contributed by atoms with Crippen molar-refractivity contribution in [2.24, 2.45) is 5.92 Å². The van der Waals surface area contributed by atoms with Crippen LogP contribution >= 0.6 is 0 Å². The number of hydrogen-bond acceptors (Lipinski definition) is 4. The molecule has 0 N–H and O–H groups in total. The van der Waals surface area contributed by atoms with Crippen molar-refractivity contribution in [1.29, 1.82) is 0 Å². The van der Waals surface area contributed by atoms with Gasteiger partial charge in [0.25, 0.3) is 0 Å². The summed E-state index contributed by atoms with van der Waals surface area (Å²) in [6.07, 6.45) is -0.0701. The number of rotatable bonds is 5. The van der Waals surface area contributed by atoms with Gasteiger partial charge in [-0.25, -0.2) is 4.79 Å². The Labute approximate surface area is 109 Å². The van der Waals surface area contributed by atoms with Crippen LogP contribution in [0.4, 0.5) is 4.79 Å². The third-order valence-electron chi connectivity index (χ3n) is 2.11. The molecule has 0 aromatic rings. The Hall–Kier alpha value is -1.26. The fraction of sp³-hybridized carbons (Fsp3) is 0.846. The SMILES string of the molecule is CCOC(=O)CC(C)CN(C)C(=O)OC(C)(C)C. The smallest absolute Gasteiger partial charge is 0.410 e. The lowest BCUT2D eigenvalue weighted by atomic mass is 10.1. The minimum Gasteiger partial charge on any atom is -0.466 e. The monoisotopic (exact) mass is 259 g/mol. The van der Waals surface area contributed by atoms with E-state index in [1.807, 2.05) is 27.7 Å². The Morgan fingerprint density at radius 1 is 1.28 bits per heavy atom. The van der Waals surface area contributed by atoms with Gasteiger partial charge >= 0.3 is 12.1 Å². The number of nitrogens with zero attached hydrogens (tertiary/aromatic N) is 1. The third kappa shape index (κ3) is 7.92. The minimum atomic E-state index is -0.504. The second-order valence-electron chi connectivity index (χ2n) is 5.48. The van der Waals surface area contributed by atoms with Crippen molar-refractivity contribution in [1.82, 2.24) is 4.90 Å². The molecule has 0 bridgehead atoms. The normalized spacial score (nSPS) is 12.8. The predicted molar refractivity (Wildman–Crippen MR) is 69.3 cm³/mol. The van der Waals surface area contributed by atoms with E-state index in [-0.39, 0.29) is 18.0 Å². The lowest BCUT2D eigenvalue weighted by Crippen LogP contribution is -2.37. The summed E-state index contributed by atoms with van der Waals surface area (Å²) in [6.45, 7) is 9.98. The van der Waals surface area contributed by atoms with Crippen LogP contribution in [0, 0.1) is 5.92 Å². The van der Waals surface area contributed by atoms with E-state index in [4.69, 9.17) is 9.47 Å². The zero-order valence-corrected chi connectivity index (χ0v) is 12.3. The van der Waals surface area contributed by atoms with E-state index >= 15 is 0 Å². The molecule has 0 radical (unpaired) electrons. The highest BCUT2D eigenvalue weighted by molar-refractivity contribution is 5.70. The number of ether oxygens (including phenoxy) is 2. The first-order valence-electron chi connectivity index (χ1n) is 6.25. The van der Waals surface area contributed by atoms with Gasteiger partial charge in [-0.15, -0.1) is 0 Å². The maximum absolute atomic E-state index is 11.7. The first kappa shape index (κ1) is 16.7. The molecule has 0 rings (SSSR count). The lowest BCUT2D eigenvalue weighted by molar-refractivity contribution is -0.144. The maximum Gasteiger partial charge on any atom is 0.410 e. The highest BCUT2D eigenvalue weighted by Crippen LogP contribution is 2.11. The third-order valence-corrected chi connectivity index (χ3v) is 2.11. The Morgan fingerprint density at radius 3 is 2.28 bits per heavy atom. The summed E-state index contributed by atoms with van der Waals surface area (Å²) in [5.74, 6) is -0.191. The average molecular weight is 259 g/mol. The molecule has 0 heterocycles. The molecule has 0 aliphatic carbocycles. The van der Waals surface area contributed by atoms with Gasteiger partial charge in [-0.05, 0) is 33.6 Å². The zero-order chi connectivity index (χ0) is 14.3. The van der Waals surface area contributed by atoms with E-state index < -0.39 is 5.60 Å². The second-order valence-corrected chi connectivity index (χ2v) is 5.48. The standard InChI is InChI=1S/C13H25NO4/c1-7-17-11(15)8-10(2)9-14(6)12(16)18-13(3,4)5/h10H,7-9H2,1-6H3. The van der Waals surface area contributed by atoms with Crippen LogP contribution in [-0.4, -0.2) is 42.8 Å². The van der Waals surface area contributed by atoms with Gasteiger partial charge in [0.1, 0.15) is 5.60 Å². The molecule has 0 saturated heterocycles. The van der Waals surface area contributed by atoms with Gasteiger partial charge in [-0.1, -0.05) is 6.92 Å². The molecule has 1 unspecified atom stereocenters. The molecular weight excluding hydrogens is 234 g/mol. The molecule has 0 aromatic carbocycles. The molecule has 0 spiro atoms. The average Bonchev–Trinajstić information content (AvgIpc) is 2.14. The summed E-state index contributed by atoms with van der Waals surface area (Å²) in [4.78, 5) is 24.5. The molecule has 5 heteroatoms. The van der Waals surface area contributed by atoms with Crippen LogP contribution in [0.15, 0.2) is 0 Å². The highest BCUT2D eigenvalue weighted by Gasteiger charge is 2.21. The van der Waals surface area contributed by atoms with Crippen LogP contribution in [-0.2, 0) is 14.3 Å².